The van der Waals surface area contributed by atoms with Gasteiger partial charge in [0.15, 0.2) is 12.2 Å². The summed E-state index contributed by atoms with van der Waals surface area (Å²) in [5.41, 5.74) is 0. The van der Waals surface area contributed by atoms with Gasteiger partial charge in [-0.25, -0.2) is 9.13 Å². The number of phosphoric acid groups is 2. The minimum absolute atomic E-state index is 0.105. The molecule has 0 saturated carbocycles. The van der Waals surface area contributed by atoms with Gasteiger partial charge >= 0.3 is 39.5 Å². The summed E-state index contributed by atoms with van der Waals surface area (Å²) < 4.78 is 68.6. The molecule has 0 aliphatic rings. The van der Waals surface area contributed by atoms with E-state index in [1.165, 1.54) is 205 Å². The number of carbonyl (C=O) groups is 4. The van der Waals surface area contributed by atoms with Crippen molar-refractivity contribution in [2.24, 2.45) is 17.8 Å². The summed E-state index contributed by atoms with van der Waals surface area (Å²) >= 11 is 0. The Morgan fingerprint density at radius 3 is 0.708 bits per heavy atom. The van der Waals surface area contributed by atoms with Crippen LogP contribution in [0.4, 0.5) is 0 Å². The number of rotatable bonds is 75. The summed E-state index contributed by atoms with van der Waals surface area (Å²) in [6.07, 6.45) is 54.1. The van der Waals surface area contributed by atoms with E-state index in [-0.39, 0.29) is 25.7 Å². The molecular weight excluding hydrogens is 1260 g/mol. The zero-order chi connectivity index (χ0) is 70.9. The van der Waals surface area contributed by atoms with Crippen molar-refractivity contribution < 1.29 is 80.2 Å². The lowest BCUT2D eigenvalue weighted by molar-refractivity contribution is -0.161. The molecule has 0 radical (unpaired) electrons. The Morgan fingerprint density at radius 1 is 0.281 bits per heavy atom. The zero-order valence-electron chi connectivity index (χ0n) is 62.8. The van der Waals surface area contributed by atoms with Gasteiger partial charge in [0.25, 0.3) is 0 Å². The molecular formula is C77H150O17P2. The van der Waals surface area contributed by atoms with Gasteiger partial charge in [0.05, 0.1) is 26.4 Å². The Bertz CT molecular complexity index is 1870. The second-order valence-electron chi connectivity index (χ2n) is 29.2. The lowest BCUT2D eigenvalue weighted by atomic mass is 10.0. The van der Waals surface area contributed by atoms with Crippen molar-refractivity contribution in [3.63, 3.8) is 0 Å². The van der Waals surface area contributed by atoms with E-state index in [1.54, 1.807) is 0 Å². The average Bonchev–Trinajstić information content (AvgIpc) is 1.19. The van der Waals surface area contributed by atoms with Crippen molar-refractivity contribution in [3.8, 4) is 0 Å². The summed E-state index contributed by atoms with van der Waals surface area (Å²) in [7, 11) is -9.91. The fourth-order valence-corrected chi connectivity index (χ4v) is 13.4. The SMILES string of the molecule is CCCCCCCCCCCCCCCC(=O)OC[C@H](COP(=O)(O)OC[C@@H](O)COP(=O)(O)OC[C@@H](COC(=O)CCCCCCCCCCCC(C)C)OC(=O)CCCCCCCCCCCC(C)C)OC(=O)CCCCCCCCCCCCCCCCCCC(C)C. The number of unbranched alkanes of at least 4 members (excludes halogenated alkanes) is 43. The van der Waals surface area contributed by atoms with Crippen molar-refractivity contribution >= 4 is 39.5 Å². The molecule has 3 N–H and O–H groups in total. The van der Waals surface area contributed by atoms with Crippen LogP contribution >= 0.6 is 15.6 Å². The third-order valence-corrected chi connectivity index (χ3v) is 19.8. The molecule has 0 fully saturated rings. The molecule has 5 atom stereocenters. The first-order valence-electron chi connectivity index (χ1n) is 39.8. The summed E-state index contributed by atoms with van der Waals surface area (Å²) in [5, 5.41) is 10.6. The van der Waals surface area contributed by atoms with Crippen LogP contribution in [0.5, 0.6) is 0 Å². The minimum Gasteiger partial charge on any atom is -0.462 e. The number of ether oxygens (including phenoxy) is 4. The molecule has 96 heavy (non-hydrogen) atoms. The summed E-state index contributed by atoms with van der Waals surface area (Å²) in [6.45, 7) is 11.9. The lowest BCUT2D eigenvalue weighted by Gasteiger charge is -2.21. The van der Waals surface area contributed by atoms with Crippen LogP contribution in [0.1, 0.15) is 395 Å². The van der Waals surface area contributed by atoms with Crippen LogP contribution in [-0.4, -0.2) is 96.7 Å². The number of aliphatic hydroxyl groups is 1. The van der Waals surface area contributed by atoms with E-state index in [4.69, 9.17) is 37.0 Å². The Morgan fingerprint density at radius 2 is 0.479 bits per heavy atom. The standard InChI is InChI=1S/C77H150O17P2/c1-8-9-10-11-12-13-14-19-23-30-37-44-51-58-74(79)87-64-72(93-76(81)60-53-46-39-31-24-21-18-16-15-17-20-22-27-34-41-48-55-68(2)3)66-91-95(83,84)89-62-71(78)63-90-96(85,86)92-67-73(94-77(82)61-54-47-40-33-26-29-36-43-50-57-70(6)7)65-88-75(80)59-52-45-38-32-25-28-35-42-49-56-69(4)5/h68-73,78H,8-67H2,1-7H3,(H,83,84)(H,85,86)/t71-,72-,73-/m1/s1. The van der Waals surface area contributed by atoms with Crippen LogP contribution in [0, 0.1) is 17.8 Å². The van der Waals surface area contributed by atoms with Crippen molar-refractivity contribution in [1.29, 1.82) is 0 Å². The smallest absolute Gasteiger partial charge is 0.462 e. The zero-order valence-corrected chi connectivity index (χ0v) is 64.6. The highest BCUT2D eigenvalue weighted by molar-refractivity contribution is 7.47. The summed E-state index contributed by atoms with van der Waals surface area (Å²) in [5.74, 6) is 0.174. The van der Waals surface area contributed by atoms with E-state index in [9.17, 15) is 43.2 Å². The Kier molecular flexibility index (Phi) is 66.2. The second kappa shape index (κ2) is 67.5. The van der Waals surface area contributed by atoms with Gasteiger partial charge in [0.2, 0.25) is 0 Å². The molecule has 0 rings (SSSR count). The van der Waals surface area contributed by atoms with E-state index in [0.29, 0.717) is 25.7 Å². The molecule has 0 spiro atoms. The van der Waals surface area contributed by atoms with Crippen molar-refractivity contribution in [2.75, 3.05) is 39.6 Å². The van der Waals surface area contributed by atoms with Crippen LogP contribution in [0.3, 0.4) is 0 Å². The molecule has 0 heterocycles. The summed E-state index contributed by atoms with van der Waals surface area (Å²) in [4.78, 5) is 72.9. The van der Waals surface area contributed by atoms with Crippen LogP contribution in [-0.2, 0) is 65.4 Å². The number of hydrogen-bond donors (Lipinski definition) is 3. The third kappa shape index (κ3) is 70.5. The van der Waals surface area contributed by atoms with Gasteiger partial charge < -0.3 is 33.8 Å². The monoisotopic (exact) mass is 1410 g/mol. The van der Waals surface area contributed by atoms with Crippen LogP contribution < -0.4 is 0 Å². The van der Waals surface area contributed by atoms with E-state index < -0.39 is 97.5 Å². The molecule has 17 nitrogen and oxygen atoms in total. The Balaban J connectivity index is 5.24. The number of hydrogen-bond acceptors (Lipinski definition) is 15. The van der Waals surface area contributed by atoms with E-state index >= 15 is 0 Å². The average molecular weight is 1410 g/mol. The largest absolute Gasteiger partial charge is 0.472 e. The molecule has 19 heteroatoms. The molecule has 0 aliphatic carbocycles. The Labute approximate surface area is 588 Å². The molecule has 570 valence electrons. The maximum Gasteiger partial charge on any atom is 0.472 e. The first kappa shape index (κ1) is 94.1. The molecule has 0 aromatic heterocycles. The molecule has 0 aliphatic heterocycles. The highest BCUT2D eigenvalue weighted by Gasteiger charge is 2.30. The van der Waals surface area contributed by atoms with Crippen molar-refractivity contribution in [3.05, 3.63) is 0 Å². The number of phosphoric ester groups is 2. The van der Waals surface area contributed by atoms with Gasteiger partial charge in [-0.2, -0.15) is 0 Å². The molecule has 2 unspecified atom stereocenters. The lowest BCUT2D eigenvalue weighted by Crippen LogP contribution is -2.30. The first-order chi connectivity index (χ1) is 46.2. The number of carbonyl (C=O) groups excluding carboxylic acids is 4. The topological polar surface area (TPSA) is 237 Å². The third-order valence-electron chi connectivity index (χ3n) is 17.9. The van der Waals surface area contributed by atoms with E-state index in [0.717, 1.165) is 108 Å². The summed E-state index contributed by atoms with van der Waals surface area (Å²) in [6, 6.07) is 0. The fourth-order valence-electron chi connectivity index (χ4n) is 11.8. The quantitative estimate of drug-likeness (QED) is 0.0222. The highest BCUT2D eigenvalue weighted by Crippen LogP contribution is 2.45. The van der Waals surface area contributed by atoms with Crippen LogP contribution in [0.2, 0.25) is 0 Å². The predicted octanol–water partition coefficient (Wildman–Crippen LogP) is 22.6. The maximum atomic E-state index is 13.1. The minimum atomic E-state index is -4.96. The van der Waals surface area contributed by atoms with Gasteiger partial charge in [0.1, 0.15) is 19.3 Å². The van der Waals surface area contributed by atoms with Gasteiger partial charge in [0, 0.05) is 25.7 Å². The van der Waals surface area contributed by atoms with Crippen LogP contribution in [0.15, 0.2) is 0 Å². The maximum absolute atomic E-state index is 13.1. The molecule has 0 aromatic carbocycles. The number of aliphatic hydroxyl groups excluding tert-OH is 1. The van der Waals surface area contributed by atoms with Gasteiger partial charge in [-0.15, -0.1) is 0 Å². The number of esters is 4. The predicted molar refractivity (Wildman–Crippen MR) is 391 cm³/mol. The van der Waals surface area contributed by atoms with Crippen molar-refractivity contribution in [2.45, 2.75) is 414 Å². The molecule has 0 amide bonds. The Hall–Kier alpha value is -1.94. The van der Waals surface area contributed by atoms with E-state index in [1.807, 2.05) is 0 Å². The van der Waals surface area contributed by atoms with Gasteiger partial charge in [-0.05, 0) is 43.4 Å². The highest BCUT2D eigenvalue weighted by atomic mass is 31.2. The molecule has 0 bridgehead atoms. The molecule has 0 aromatic rings. The second-order valence-corrected chi connectivity index (χ2v) is 32.1. The van der Waals surface area contributed by atoms with E-state index in [2.05, 4.69) is 48.5 Å². The normalized spacial score (nSPS) is 14.1. The fraction of sp³-hybridized carbons (Fsp3) is 0.948. The van der Waals surface area contributed by atoms with Crippen molar-refractivity contribution in [1.82, 2.24) is 0 Å². The van der Waals surface area contributed by atoms with Gasteiger partial charge in [-0.1, -0.05) is 344 Å². The van der Waals surface area contributed by atoms with Gasteiger partial charge in [-0.3, -0.25) is 37.3 Å². The first-order valence-corrected chi connectivity index (χ1v) is 42.8. The van der Waals surface area contributed by atoms with Crippen LogP contribution in [0.25, 0.3) is 0 Å². The molecule has 0 saturated heterocycles.